The Labute approximate surface area is 211 Å². The first-order valence-electron chi connectivity index (χ1n) is 11.7. The standard InChI is InChI=1S/C27H25N3O5S/c1-5-29-19-13-8-7-12-18(19)21(24(29)31)23-25(32)30-22(16-10-9-11-17(14-16)34-4)20(26(33)35-6-2)15(3)28-27(30)36-23/h7-14,22H,5-6H2,1-4H3/b23-21+. The zero-order valence-electron chi connectivity index (χ0n) is 20.4. The number of para-hydroxylation sites is 1. The molecular formula is C27H25N3O5S. The van der Waals surface area contributed by atoms with Gasteiger partial charge >= 0.3 is 5.97 Å². The fourth-order valence-electron chi connectivity index (χ4n) is 4.78. The van der Waals surface area contributed by atoms with Crippen molar-refractivity contribution in [3.8, 4) is 5.75 Å². The molecule has 2 aromatic carbocycles. The van der Waals surface area contributed by atoms with Crippen LogP contribution in [0.1, 0.15) is 37.9 Å². The number of allylic oxidation sites excluding steroid dienone is 1. The van der Waals surface area contributed by atoms with Gasteiger partial charge in [0.15, 0.2) is 4.80 Å². The van der Waals surface area contributed by atoms with Crippen LogP contribution in [0.4, 0.5) is 5.69 Å². The fraction of sp³-hybridized carbons (Fsp3) is 0.259. The van der Waals surface area contributed by atoms with Crippen molar-refractivity contribution < 1.29 is 19.1 Å². The van der Waals surface area contributed by atoms with Crippen LogP contribution in [0.15, 0.2) is 69.6 Å². The van der Waals surface area contributed by atoms with Crippen molar-refractivity contribution in [2.75, 3.05) is 25.2 Å². The third kappa shape index (κ3) is 3.58. The first-order chi connectivity index (χ1) is 17.4. The molecule has 0 fully saturated rings. The second-order valence-electron chi connectivity index (χ2n) is 8.34. The van der Waals surface area contributed by atoms with Gasteiger partial charge in [-0.3, -0.25) is 14.2 Å². The largest absolute Gasteiger partial charge is 0.497 e. The van der Waals surface area contributed by atoms with Crippen LogP contribution in [-0.4, -0.2) is 36.7 Å². The predicted molar refractivity (Wildman–Crippen MR) is 137 cm³/mol. The second kappa shape index (κ2) is 9.23. The van der Waals surface area contributed by atoms with E-state index in [4.69, 9.17) is 9.47 Å². The van der Waals surface area contributed by atoms with Crippen LogP contribution in [0.2, 0.25) is 0 Å². The molecule has 3 aromatic rings. The molecule has 0 N–H and O–H groups in total. The highest BCUT2D eigenvalue weighted by Crippen LogP contribution is 2.35. The number of esters is 1. The third-order valence-corrected chi connectivity index (χ3v) is 7.42. The van der Waals surface area contributed by atoms with Crippen molar-refractivity contribution in [2.24, 2.45) is 4.99 Å². The zero-order valence-corrected chi connectivity index (χ0v) is 21.2. The molecule has 0 spiro atoms. The number of hydrogen-bond acceptors (Lipinski definition) is 7. The highest BCUT2D eigenvalue weighted by Gasteiger charge is 2.37. The number of hydrogen-bond donors (Lipinski definition) is 0. The number of thiazole rings is 1. The molecule has 0 saturated carbocycles. The Morgan fingerprint density at radius 2 is 1.89 bits per heavy atom. The van der Waals surface area contributed by atoms with Crippen molar-refractivity contribution in [1.29, 1.82) is 0 Å². The molecule has 184 valence electrons. The summed E-state index contributed by atoms with van der Waals surface area (Å²) < 4.78 is 12.5. The van der Waals surface area contributed by atoms with Crippen LogP contribution in [0.25, 0.3) is 5.57 Å². The summed E-state index contributed by atoms with van der Waals surface area (Å²) in [5.41, 5.74) is 2.90. The quantitative estimate of drug-likeness (QED) is 0.499. The van der Waals surface area contributed by atoms with E-state index in [2.05, 4.69) is 4.99 Å². The number of aromatic nitrogens is 1. The Balaban J connectivity index is 1.83. The molecule has 0 bridgehead atoms. The maximum Gasteiger partial charge on any atom is 0.338 e. The van der Waals surface area contributed by atoms with Gasteiger partial charge in [0.25, 0.3) is 11.5 Å². The average Bonchev–Trinajstić information content (AvgIpc) is 3.35. The number of ether oxygens (including phenoxy) is 2. The van der Waals surface area contributed by atoms with E-state index in [1.807, 2.05) is 37.3 Å². The summed E-state index contributed by atoms with van der Waals surface area (Å²) in [4.78, 5) is 47.2. The smallest absolute Gasteiger partial charge is 0.338 e. The fourth-order valence-corrected chi connectivity index (χ4v) is 5.92. The van der Waals surface area contributed by atoms with Gasteiger partial charge in [-0.25, -0.2) is 9.79 Å². The number of methoxy groups -OCH3 is 1. The molecule has 5 rings (SSSR count). The predicted octanol–water partition coefficient (Wildman–Crippen LogP) is 2.54. The molecule has 8 nitrogen and oxygen atoms in total. The van der Waals surface area contributed by atoms with E-state index in [9.17, 15) is 14.4 Å². The maximum absolute atomic E-state index is 14.0. The monoisotopic (exact) mass is 503 g/mol. The number of anilines is 1. The van der Waals surface area contributed by atoms with Crippen molar-refractivity contribution in [1.82, 2.24) is 4.57 Å². The number of benzene rings is 2. The Kier molecular flexibility index (Phi) is 6.09. The molecule has 1 atom stereocenters. The molecule has 2 aliphatic heterocycles. The average molecular weight is 504 g/mol. The minimum atomic E-state index is -0.779. The van der Waals surface area contributed by atoms with Gasteiger partial charge in [0, 0.05) is 12.1 Å². The third-order valence-electron chi connectivity index (χ3n) is 6.37. The molecule has 9 heteroatoms. The van der Waals surface area contributed by atoms with Gasteiger partial charge in [-0.2, -0.15) is 0 Å². The number of likely N-dealkylation sites (N-methyl/N-ethyl adjacent to an activating group) is 1. The second-order valence-corrected chi connectivity index (χ2v) is 9.32. The number of carbonyl (C=O) groups excluding carboxylic acids is 2. The van der Waals surface area contributed by atoms with Gasteiger partial charge in [0.1, 0.15) is 10.3 Å². The van der Waals surface area contributed by atoms with Gasteiger partial charge in [-0.05, 0) is 44.5 Å². The number of carbonyl (C=O) groups is 2. The lowest BCUT2D eigenvalue weighted by Crippen LogP contribution is -2.41. The van der Waals surface area contributed by atoms with Gasteiger partial charge < -0.3 is 14.4 Å². The maximum atomic E-state index is 14.0. The zero-order chi connectivity index (χ0) is 25.6. The van der Waals surface area contributed by atoms with Crippen molar-refractivity contribution >= 4 is 34.5 Å². The molecule has 1 aromatic heterocycles. The summed E-state index contributed by atoms with van der Waals surface area (Å²) >= 11 is 1.16. The summed E-state index contributed by atoms with van der Waals surface area (Å²) in [6.07, 6.45) is 0. The lowest BCUT2D eigenvalue weighted by atomic mass is 9.95. The minimum absolute atomic E-state index is 0.188. The Morgan fingerprint density at radius 3 is 2.61 bits per heavy atom. The van der Waals surface area contributed by atoms with Crippen LogP contribution in [0.5, 0.6) is 5.75 Å². The number of amides is 1. The Bertz CT molecular complexity index is 1610. The normalized spacial score (nSPS) is 18.1. The summed E-state index contributed by atoms with van der Waals surface area (Å²) in [6.45, 7) is 6.03. The van der Waals surface area contributed by atoms with Crippen molar-refractivity contribution in [2.45, 2.75) is 26.8 Å². The molecule has 2 aliphatic rings. The van der Waals surface area contributed by atoms with E-state index in [-0.39, 0.29) is 23.6 Å². The minimum Gasteiger partial charge on any atom is -0.497 e. The van der Waals surface area contributed by atoms with E-state index < -0.39 is 12.0 Å². The summed E-state index contributed by atoms with van der Waals surface area (Å²) in [5, 5.41) is 0. The molecule has 0 saturated heterocycles. The highest BCUT2D eigenvalue weighted by atomic mass is 32.1. The van der Waals surface area contributed by atoms with Gasteiger partial charge in [0.05, 0.1) is 42.3 Å². The van der Waals surface area contributed by atoms with Crippen molar-refractivity contribution in [3.05, 3.63) is 90.6 Å². The van der Waals surface area contributed by atoms with E-state index in [0.717, 1.165) is 17.0 Å². The summed E-state index contributed by atoms with van der Waals surface area (Å²) in [5.74, 6) is -0.166. The van der Waals surface area contributed by atoms with Gasteiger partial charge in [-0.1, -0.05) is 41.7 Å². The molecule has 36 heavy (non-hydrogen) atoms. The number of rotatable bonds is 5. The van der Waals surface area contributed by atoms with E-state index in [1.165, 1.54) is 4.57 Å². The molecular weight excluding hydrogens is 478 g/mol. The lowest BCUT2D eigenvalue weighted by Gasteiger charge is -2.25. The SMILES string of the molecule is CCOC(=O)C1=C(C)N=c2s/c(=C3/C(=O)N(CC)c4ccccc43)c(=O)n2C1c1cccc(OC)c1. The Morgan fingerprint density at radius 1 is 1.11 bits per heavy atom. The van der Waals surface area contributed by atoms with E-state index in [1.54, 1.807) is 44.1 Å². The van der Waals surface area contributed by atoms with Gasteiger partial charge in [0.2, 0.25) is 0 Å². The number of nitrogens with zero attached hydrogens (tertiary/aromatic N) is 3. The summed E-state index contributed by atoms with van der Waals surface area (Å²) in [7, 11) is 1.56. The highest BCUT2D eigenvalue weighted by molar-refractivity contribution is 7.07. The van der Waals surface area contributed by atoms with Crippen LogP contribution in [0, 0.1) is 0 Å². The van der Waals surface area contributed by atoms with E-state index >= 15 is 0 Å². The number of fused-ring (bicyclic) bond motifs is 2. The first-order valence-corrected chi connectivity index (χ1v) is 12.5. The molecule has 0 aliphatic carbocycles. The van der Waals surface area contributed by atoms with Crippen molar-refractivity contribution in [3.63, 3.8) is 0 Å². The van der Waals surface area contributed by atoms with Crippen LogP contribution >= 0.6 is 11.3 Å². The lowest BCUT2D eigenvalue weighted by molar-refractivity contribution is -0.139. The van der Waals surface area contributed by atoms with Crippen LogP contribution in [-0.2, 0) is 14.3 Å². The van der Waals surface area contributed by atoms with Crippen LogP contribution in [0.3, 0.4) is 0 Å². The van der Waals surface area contributed by atoms with Gasteiger partial charge in [-0.15, -0.1) is 0 Å². The van der Waals surface area contributed by atoms with Crippen LogP contribution < -0.4 is 24.5 Å². The first kappa shape index (κ1) is 23.7. The Hall–Kier alpha value is -3.98. The summed E-state index contributed by atoms with van der Waals surface area (Å²) in [6, 6.07) is 13.9. The topological polar surface area (TPSA) is 90.2 Å². The molecule has 1 unspecified atom stereocenters. The molecule has 0 radical (unpaired) electrons. The molecule has 3 heterocycles. The van der Waals surface area contributed by atoms with E-state index in [0.29, 0.717) is 44.0 Å². The molecule has 1 amide bonds.